The van der Waals surface area contributed by atoms with Crippen LogP contribution in [0.1, 0.15) is 38.8 Å². The van der Waals surface area contributed by atoms with Crippen LogP contribution in [0.4, 0.5) is 11.4 Å². The molecule has 0 heterocycles. The third-order valence-electron chi connectivity index (χ3n) is 9.37. The minimum atomic E-state index is -0.840. The first kappa shape index (κ1) is 37.2. The summed E-state index contributed by atoms with van der Waals surface area (Å²) >= 11 is 0. The molecule has 0 spiro atoms. The predicted molar refractivity (Wildman–Crippen MR) is 207 cm³/mol. The van der Waals surface area contributed by atoms with Crippen molar-refractivity contribution in [1.82, 2.24) is 10.6 Å². The Bertz CT molecular complexity index is 1900. The molecular weight excluding hydrogens is 652 g/mol. The molecule has 0 aromatic heterocycles. The number of ether oxygens (including phenoxy) is 2. The molecule has 0 aliphatic heterocycles. The molecule has 3 atom stereocenters. The summed E-state index contributed by atoms with van der Waals surface area (Å²) in [5.74, 6) is 0.520. The van der Waals surface area contributed by atoms with Crippen LogP contribution in [0.15, 0.2) is 133 Å². The van der Waals surface area contributed by atoms with E-state index < -0.39 is 11.9 Å². The number of amides is 3. The Kier molecular flexibility index (Phi) is 12.7. The van der Waals surface area contributed by atoms with Gasteiger partial charge in [0, 0.05) is 49.1 Å². The van der Waals surface area contributed by atoms with Crippen LogP contribution in [0, 0.1) is 0 Å². The number of nitrogens with one attached hydrogen (secondary N) is 2. The van der Waals surface area contributed by atoms with Gasteiger partial charge < -0.3 is 29.9 Å². The van der Waals surface area contributed by atoms with E-state index in [0.717, 1.165) is 22.6 Å². The Hall–Kier alpha value is -6.09. The second-order valence-electron chi connectivity index (χ2n) is 12.7. The minimum absolute atomic E-state index is 0.0715. The monoisotopic (exact) mass is 698 g/mol. The van der Waals surface area contributed by atoms with Crippen molar-refractivity contribution in [3.8, 4) is 11.5 Å². The van der Waals surface area contributed by atoms with E-state index >= 15 is 0 Å². The van der Waals surface area contributed by atoms with Gasteiger partial charge in [0.25, 0.3) is 11.8 Å². The number of rotatable bonds is 15. The van der Waals surface area contributed by atoms with E-state index in [1.54, 1.807) is 69.8 Å². The fraction of sp³-hybridized carbons (Fsp3) is 0.233. The number of hydrogen-bond donors (Lipinski definition) is 2. The van der Waals surface area contributed by atoms with Gasteiger partial charge in [0.1, 0.15) is 17.5 Å². The lowest BCUT2D eigenvalue weighted by molar-refractivity contribution is -0.120. The number of nitrogens with zero attached hydrogens (tertiary/aromatic N) is 2. The van der Waals surface area contributed by atoms with Crippen LogP contribution in [0.5, 0.6) is 11.5 Å². The number of carbonyl (C=O) groups is 3. The van der Waals surface area contributed by atoms with Gasteiger partial charge in [0.2, 0.25) is 5.91 Å². The van der Waals surface area contributed by atoms with Crippen LogP contribution < -0.4 is 29.9 Å². The quantitative estimate of drug-likeness (QED) is 0.128. The number of hydrogen-bond acceptors (Lipinski definition) is 6. The normalized spacial score (nSPS) is 12.5. The van der Waals surface area contributed by atoms with E-state index in [9.17, 15) is 14.4 Å². The third-order valence-corrected chi connectivity index (χ3v) is 9.37. The van der Waals surface area contributed by atoms with Gasteiger partial charge in [0.05, 0.1) is 20.3 Å². The molecule has 2 N–H and O–H groups in total. The van der Waals surface area contributed by atoms with Crippen LogP contribution in [-0.4, -0.2) is 64.2 Å². The van der Waals surface area contributed by atoms with Crippen molar-refractivity contribution >= 4 is 29.1 Å². The summed E-state index contributed by atoms with van der Waals surface area (Å²) in [4.78, 5) is 44.7. The molecule has 5 aromatic rings. The van der Waals surface area contributed by atoms with Gasteiger partial charge in [-0.2, -0.15) is 0 Å². The standard InChI is InChI=1S/C43H46N4O5/c1-30(46(2)35-20-24-37(51-4)25-21-35)39(28-31-12-8-6-9-13-31)44-41(48)33-16-18-34(19-17-33)42(49)45-40(29-32-14-10-7-11-15-32)43(50)47(3)36-22-26-38(52-5)27-23-36/h6-27,30,39-40H,28-29H2,1-5H3,(H,44,48)(H,45,49)/t30?,39-,40-/m0/s1. The Morgan fingerprint density at radius 3 is 1.50 bits per heavy atom. The first-order valence-corrected chi connectivity index (χ1v) is 17.2. The van der Waals surface area contributed by atoms with E-state index in [-0.39, 0.29) is 23.9 Å². The predicted octanol–water partition coefficient (Wildman–Crippen LogP) is 6.57. The van der Waals surface area contributed by atoms with Crippen molar-refractivity contribution in [3.05, 3.63) is 156 Å². The highest BCUT2D eigenvalue weighted by atomic mass is 16.5. The van der Waals surface area contributed by atoms with Gasteiger partial charge in [-0.3, -0.25) is 14.4 Å². The molecule has 5 aromatic carbocycles. The lowest BCUT2D eigenvalue weighted by atomic mass is 9.98. The summed E-state index contributed by atoms with van der Waals surface area (Å²) in [5, 5.41) is 6.19. The maximum Gasteiger partial charge on any atom is 0.251 e. The van der Waals surface area contributed by atoms with Crippen molar-refractivity contribution < 1.29 is 23.9 Å². The van der Waals surface area contributed by atoms with Crippen molar-refractivity contribution in [2.24, 2.45) is 0 Å². The van der Waals surface area contributed by atoms with E-state index in [1.165, 1.54) is 4.90 Å². The minimum Gasteiger partial charge on any atom is -0.497 e. The lowest BCUT2D eigenvalue weighted by Crippen LogP contribution is -2.50. The molecule has 0 radical (unpaired) electrons. The zero-order chi connectivity index (χ0) is 37.0. The van der Waals surface area contributed by atoms with Crippen LogP contribution in [0.25, 0.3) is 0 Å². The average molecular weight is 699 g/mol. The molecule has 9 nitrogen and oxygen atoms in total. The first-order chi connectivity index (χ1) is 25.2. The highest BCUT2D eigenvalue weighted by Crippen LogP contribution is 2.23. The summed E-state index contributed by atoms with van der Waals surface area (Å²) in [6.45, 7) is 2.09. The fourth-order valence-electron chi connectivity index (χ4n) is 6.02. The summed E-state index contributed by atoms with van der Waals surface area (Å²) in [7, 11) is 6.91. The Morgan fingerprint density at radius 1 is 0.577 bits per heavy atom. The smallest absolute Gasteiger partial charge is 0.251 e. The van der Waals surface area contributed by atoms with Crippen molar-refractivity contribution in [1.29, 1.82) is 0 Å². The van der Waals surface area contributed by atoms with Crippen LogP contribution in [0.2, 0.25) is 0 Å². The van der Waals surface area contributed by atoms with Gasteiger partial charge in [-0.15, -0.1) is 0 Å². The topological polar surface area (TPSA) is 100 Å². The second kappa shape index (κ2) is 17.7. The molecule has 268 valence electrons. The lowest BCUT2D eigenvalue weighted by Gasteiger charge is -2.34. The number of benzene rings is 5. The summed E-state index contributed by atoms with van der Waals surface area (Å²) < 4.78 is 10.6. The first-order valence-electron chi connectivity index (χ1n) is 17.2. The summed E-state index contributed by atoms with van der Waals surface area (Å²) in [6, 6.07) is 39.9. The van der Waals surface area contributed by atoms with Gasteiger partial charge in [-0.05, 0) is 97.3 Å². The molecule has 0 aliphatic carbocycles. The van der Waals surface area contributed by atoms with Gasteiger partial charge >= 0.3 is 0 Å². The zero-order valence-electron chi connectivity index (χ0n) is 30.3. The van der Waals surface area contributed by atoms with Crippen molar-refractivity contribution in [2.45, 2.75) is 37.9 Å². The highest BCUT2D eigenvalue weighted by molar-refractivity contribution is 6.03. The van der Waals surface area contributed by atoms with Gasteiger partial charge in [-0.1, -0.05) is 60.7 Å². The maximum absolute atomic E-state index is 13.8. The molecule has 9 heteroatoms. The Morgan fingerprint density at radius 2 is 1.02 bits per heavy atom. The van der Waals surface area contributed by atoms with Gasteiger partial charge in [0.15, 0.2) is 0 Å². The molecule has 0 fully saturated rings. The third kappa shape index (κ3) is 9.57. The summed E-state index contributed by atoms with van der Waals surface area (Å²) in [6.07, 6.45) is 0.925. The van der Waals surface area contributed by atoms with E-state index in [0.29, 0.717) is 35.4 Å². The highest BCUT2D eigenvalue weighted by Gasteiger charge is 2.27. The van der Waals surface area contributed by atoms with Gasteiger partial charge in [-0.25, -0.2) is 0 Å². The molecule has 1 unspecified atom stereocenters. The Balaban J connectivity index is 1.30. The van der Waals surface area contributed by atoms with E-state index in [4.69, 9.17) is 9.47 Å². The van der Waals surface area contributed by atoms with E-state index in [1.807, 2.05) is 79.8 Å². The molecule has 0 saturated heterocycles. The van der Waals surface area contributed by atoms with Crippen molar-refractivity contribution in [3.63, 3.8) is 0 Å². The number of anilines is 2. The second-order valence-corrected chi connectivity index (χ2v) is 12.7. The number of likely N-dealkylation sites (N-methyl/N-ethyl adjacent to an activating group) is 2. The molecule has 52 heavy (non-hydrogen) atoms. The summed E-state index contributed by atoms with van der Waals surface area (Å²) in [5.41, 5.74) is 4.44. The molecule has 0 saturated carbocycles. The van der Waals surface area contributed by atoms with Crippen LogP contribution in [0.3, 0.4) is 0 Å². The number of methoxy groups -OCH3 is 2. The zero-order valence-corrected chi connectivity index (χ0v) is 30.3. The largest absolute Gasteiger partial charge is 0.497 e. The van der Waals surface area contributed by atoms with Crippen LogP contribution in [-0.2, 0) is 17.6 Å². The van der Waals surface area contributed by atoms with E-state index in [2.05, 4.69) is 34.6 Å². The molecule has 3 amide bonds. The molecule has 0 aliphatic rings. The van der Waals surface area contributed by atoms with Crippen LogP contribution >= 0.6 is 0 Å². The SMILES string of the molecule is COc1ccc(N(C)C(=O)[C@H](Cc2ccccc2)NC(=O)c2ccc(C(=O)N[C@@H](Cc3ccccc3)C(C)N(C)c3ccc(OC)cc3)cc2)cc1. The van der Waals surface area contributed by atoms with Crippen molar-refractivity contribution in [2.75, 3.05) is 38.1 Å². The molecule has 5 rings (SSSR count). The number of carbonyl (C=O) groups excluding carboxylic acids is 3. The maximum atomic E-state index is 13.8. The Labute approximate surface area is 306 Å². The fourth-order valence-corrected chi connectivity index (χ4v) is 6.02. The molecule has 0 bridgehead atoms. The molecular formula is C43H46N4O5. The average Bonchev–Trinajstić information content (AvgIpc) is 3.20.